The lowest BCUT2D eigenvalue weighted by Crippen LogP contribution is -2.38. The fourth-order valence-electron chi connectivity index (χ4n) is 1.57. The molecule has 0 radical (unpaired) electrons. The Bertz CT molecular complexity index is 502. The van der Waals surface area contributed by atoms with Crippen molar-refractivity contribution in [1.29, 1.82) is 0 Å². The molecule has 7 heteroatoms. The van der Waals surface area contributed by atoms with Crippen LogP contribution in [-0.2, 0) is 9.53 Å². The van der Waals surface area contributed by atoms with Gasteiger partial charge in [0.15, 0.2) is 6.10 Å². The highest BCUT2D eigenvalue weighted by Gasteiger charge is 2.19. The van der Waals surface area contributed by atoms with Gasteiger partial charge in [-0.05, 0) is 25.1 Å². The van der Waals surface area contributed by atoms with Crippen LogP contribution in [0.3, 0.4) is 0 Å². The van der Waals surface area contributed by atoms with Crippen LogP contribution in [0, 0.1) is 0 Å². The lowest BCUT2D eigenvalue weighted by Gasteiger charge is -2.16. The zero-order valence-corrected chi connectivity index (χ0v) is 12.2. The van der Waals surface area contributed by atoms with Crippen LogP contribution in [0.1, 0.15) is 17.3 Å². The Hall–Kier alpha value is -2.28. The van der Waals surface area contributed by atoms with E-state index in [0.717, 1.165) is 0 Å². The number of carboxylic acids is 1. The van der Waals surface area contributed by atoms with E-state index in [-0.39, 0.29) is 17.2 Å². The summed E-state index contributed by atoms with van der Waals surface area (Å²) in [6.45, 7) is 2.29. The number of amides is 1. The molecule has 0 aromatic heterocycles. The van der Waals surface area contributed by atoms with Crippen LogP contribution >= 0.6 is 0 Å². The van der Waals surface area contributed by atoms with Crippen molar-refractivity contribution in [3.63, 3.8) is 0 Å². The third kappa shape index (κ3) is 4.96. The molecular weight excluding hydrogens is 278 g/mol. The van der Waals surface area contributed by atoms with Gasteiger partial charge in [-0.1, -0.05) is 0 Å². The highest BCUT2D eigenvalue weighted by Crippen LogP contribution is 2.25. The van der Waals surface area contributed by atoms with Crippen LogP contribution < -0.4 is 14.8 Å². The van der Waals surface area contributed by atoms with Crippen molar-refractivity contribution < 1.29 is 28.9 Å². The average molecular weight is 297 g/mol. The van der Waals surface area contributed by atoms with E-state index in [0.29, 0.717) is 18.9 Å². The van der Waals surface area contributed by atoms with Crippen molar-refractivity contribution >= 4 is 11.9 Å². The van der Waals surface area contributed by atoms with E-state index in [9.17, 15) is 9.59 Å². The minimum absolute atomic E-state index is 0.0640. The van der Waals surface area contributed by atoms with Crippen LogP contribution in [0.2, 0.25) is 0 Å². The van der Waals surface area contributed by atoms with Crippen molar-refractivity contribution in [2.45, 2.75) is 13.0 Å². The van der Waals surface area contributed by atoms with Crippen molar-refractivity contribution in [2.24, 2.45) is 0 Å². The molecule has 116 valence electrons. The number of methoxy groups -OCH3 is 2. The van der Waals surface area contributed by atoms with Crippen LogP contribution in [0.15, 0.2) is 18.2 Å². The van der Waals surface area contributed by atoms with Crippen molar-refractivity contribution in [2.75, 3.05) is 27.4 Å². The molecule has 0 fully saturated rings. The maximum absolute atomic E-state index is 11.8. The summed E-state index contributed by atoms with van der Waals surface area (Å²) in [6.07, 6.45) is -0.826. The van der Waals surface area contributed by atoms with Gasteiger partial charge in [0, 0.05) is 13.7 Å². The second-order valence-electron chi connectivity index (χ2n) is 4.21. The van der Waals surface area contributed by atoms with Gasteiger partial charge in [-0.25, -0.2) is 4.79 Å². The highest BCUT2D eigenvalue weighted by atomic mass is 16.5. The zero-order valence-electron chi connectivity index (χ0n) is 12.2. The monoisotopic (exact) mass is 297 g/mol. The number of carbonyl (C=O) groups excluding carboxylic acids is 1. The van der Waals surface area contributed by atoms with Crippen molar-refractivity contribution in [3.8, 4) is 11.5 Å². The van der Waals surface area contributed by atoms with Gasteiger partial charge in [0.05, 0.1) is 13.7 Å². The molecule has 1 atom stereocenters. The quantitative estimate of drug-likeness (QED) is 0.693. The van der Waals surface area contributed by atoms with Gasteiger partial charge in [0.2, 0.25) is 0 Å². The fraction of sp³-hybridized carbons (Fsp3) is 0.429. The number of ether oxygens (including phenoxy) is 3. The average Bonchev–Trinajstić information content (AvgIpc) is 2.47. The van der Waals surface area contributed by atoms with Gasteiger partial charge in [-0.15, -0.1) is 0 Å². The second-order valence-corrected chi connectivity index (χ2v) is 4.21. The standard InChI is InChI=1S/C14H19NO6/c1-9(13(16)15-6-7-19-2)21-12-5-4-10(20-3)8-11(12)14(17)18/h4-5,8-9H,6-7H2,1-3H3,(H,15,16)(H,17,18). The first-order valence-corrected chi connectivity index (χ1v) is 6.34. The van der Waals surface area contributed by atoms with E-state index in [1.54, 1.807) is 6.07 Å². The number of carboxylic acid groups (broad SMARTS) is 1. The molecule has 7 nitrogen and oxygen atoms in total. The smallest absolute Gasteiger partial charge is 0.339 e. The molecule has 2 N–H and O–H groups in total. The Kier molecular flexibility index (Phi) is 6.48. The maximum Gasteiger partial charge on any atom is 0.339 e. The Labute approximate surface area is 122 Å². The Morgan fingerprint density at radius 2 is 2.05 bits per heavy atom. The second kappa shape index (κ2) is 8.11. The predicted octanol–water partition coefficient (Wildman–Crippen LogP) is 0.923. The Balaban J connectivity index is 2.77. The lowest BCUT2D eigenvalue weighted by molar-refractivity contribution is -0.127. The van der Waals surface area contributed by atoms with Crippen LogP contribution in [0.25, 0.3) is 0 Å². The third-order valence-electron chi connectivity index (χ3n) is 2.70. The number of hydrogen-bond donors (Lipinski definition) is 2. The van der Waals surface area contributed by atoms with Crippen LogP contribution in [-0.4, -0.2) is 50.5 Å². The van der Waals surface area contributed by atoms with E-state index in [4.69, 9.17) is 19.3 Å². The van der Waals surface area contributed by atoms with Gasteiger partial charge >= 0.3 is 5.97 Å². The number of carbonyl (C=O) groups is 2. The van der Waals surface area contributed by atoms with Gasteiger partial charge in [-0.3, -0.25) is 4.79 Å². The molecule has 0 saturated carbocycles. The first kappa shape index (κ1) is 16.8. The van der Waals surface area contributed by atoms with Crippen LogP contribution in [0.5, 0.6) is 11.5 Å². The topological polar surface area (TPSA) is 94.1 Å². The summed E-state index contributed by atoms with van der Waals surface area (Å²) in [5.74, 6) is -0.996. The molecule has 1 rings (SSSR count). The minimum atomic E-state index is -1.16. The van der Waals surface area contributed by atoms with Gasteiger partial charge in [0.1, 0.15) is 17.1 Å². The molecule has 0 heterocycles. The molecule has 1 aromatic carbocycles. The van der Waals surface area contributed by atoms with Gasteiger partial charge in [-0.2, -0.15) is 0 Å². The largest absolute Gasteiger partial charge is 0.497 e. The molecule has 0 saturated heterocycles. The lowest BCUT2D eigenvalue weighted by atomic mass is 10.2. The predicted molar refractivity (Wildman–Crippen MR) is 74.9 cm³/mol. The summed E-state index contributed by atoms with van der Waals surface area (Å²) in [7, 11) is 2.97. The summed E-state index contributed by atoms with van der Waals surface area (Å²) >= 11 is 0. The van der Waals surface area contributed by atoms with Crippen molar-refractivity contribution in [1.82, 2.24) is 5.32 Å². The molecule has 0 spiro atoms. The SMILES string of the molecule is COCCNC(=O)C(C)Oc1ccc(OC)cc1C(=O)O. The summed E-state index contributed by atoms with van der Waals surface area (Å²) in [5, 5.41) is 11.8. The van der Waals surface area contributed by atoms with E-state index in [1.807, 2.05) is 0 Å². The Morgan fingerprint density at radius 3 is 2.62 bits per heavy atom. The number of benzene rings is 1. The van der Waals surface area contributed by atoms with E-state index in [1.165, 1.54) is 33.3 Å². The van der Waals surface area contributed by atoms with E-state index >= 15 is 0 Å². The highest BCUT2D eigenvalue weighted by molar-refractivity contribution is 5.91. The molecule has 21 heavy (non-hydrogen) atoms. The normalized spacial score (nSPS) is 11.6. The molecule has 0 bridgehead atoms. The maximum atomic E-state index is 11.8. The summed E-state index contributed by atoms with van der Waals surface area (Å²) in [4.78, 5) is 23.0. The van der Waals surface area contributed by atoms with Crippen molar-refractivity contribution in [3.05, 3.63) is 23.8 Å². The number of aromatic carboxylic acids is 1. The van der Waals surface area contributed by atoms with Gasteiger partial charge in [0.25, 0.3) is 5.91 Å². The third-order valence-corrected chi connectivity index (χ3v) is 2.70. The molecular formula is C14H19NO6. The molecule has 0 aliphatic rings. The first-order valence-electron chi connectivity index (χ1n) is 6.34. The van der Waals surface area contributed by atoms with E-state index < -0.39 is 12.1 Å². The summed E-state index contributed by atoms with van der Waals surface area (Å²) in [5.41, 5.74) is -0.0640. The zero-order chi connectivity index (χ0) is 15.8. The summed E-state index contributed by atoms with van der Waals surface area (Å²) in [6, 6.07) is 4.37. The molecule has 1 unspecified atom stereocenters. The van der Waals surface area contributed by atoms with Gasteiger partial charge < -0.3 is 24.6 Å². The molecule has 0 aliphatic heterocycles. The van der Waals surface area contributed by atoms with E-state index in [2.05, 4.69) is 5.32 Å². The fourth-order valence-corrected chi connectivity index (χ4v) is 1.57. The Morgan fingerprint density at radius 1 is 1.33 bits per heavy atom. The number of nitrogens with one attached hydrogen (secondary N) is 1. The molecule has 1 aromatic rings. The molecule has 0 aliphatic carbocycles. The minimum Gasteiger partial charge on any atom is -0.497 e. The number of rotatable bonds is 8. The first-order chi connectivity index (χ1) is 9.99. The van der Waals surface area contributed by atoms with Crippen LogP contribution in [0.4, 0.5) is 0 Å². The molecule has 1 amide bonds. The summed E-state index contributed by atoms with van der Waals surface area (Å²) < 4.78 is 15.2. The number of hydrogen-bond acceptors (Lipinski definition) is 5.